The van der Waals surface area contributed by atoms with E-state index in [-0.39, 0.29) is 0 Å². The average molecular weight is 280 g/mol. The van der Waals surface area contributed by atoms with E-state index in [0.717, 1.165) is 15.8 Å². The minimum atomic E-state index is -2.16. The van der Waals surface area contributed by atoms with Crippen molar-refractivity contribution in [2.45, 2.75) is 32.6 Å². The van der Waals surface area contributed by atoms with Gasteiger partial charge in [-0.05, 0) is 45.7 Å². The number of hydrogen-bond donors (Lipinski definition) is 1. The Morgan fingerprint density at radius 1 is 1.11 bits per heavy atom. The van der Waals surface area contributed by atoms with E-state index in [9.17, 15) is 4.21 Å². The molecule has 0 aliphatic carbocycles. The zero-order chi connectivity index (χ0) is 15.1. The first-order valence-corrected chi connectivity index (χ1v) is 8.59. The summed E-state index contributed by atoms with van der Waals surface area (Å²) < 4.78 is 11.7. The maximum absolute atomic E-state index is 11.7. The SMILES string of the molecule is C=S(C)(=O)c1ccc2nc(N)ccc2c1.CC.CC. The molecule has 0 aliphatic heterocycles. The van der Waals surface area contributed by atoms with Crippen LogP contribution in [0.1, 0.15) is 27.7 Å². The number of pyridine rings is 1. The van der Waals surface area contributed by atoms with Gasteiger partial charge < -0.3 is 5.73 Å². The van der Waals surface area contributed by atoms with Gasteiger partial charge in [0.05, 0.1) is 5.52 Å². The molecule has 2 N–H and O–H groups in total. The molecule has 0 amide bonds. The molecule has 0 saturated heterocycles. The van der Waals surface area contributed by atoms with Crippen molar-refractivity contribution in [3.05, 3.63) is 30.3 Å². The van der Waals surface area contributed by atoms with Gasteiger partial charge in [-0.3, -0.25) is 4.21 Å². The van der Waals surface area contributed by atoms with Gasteiger partial charge in [0, 0.05) is 16.5 Å². The lowest BCUT2D eigenvalue weighted by Gasteiger charge is -2.04. The fourth-order valence-corrected chi connectivity index (χ4v) is 2.12. The Bertz CT molecular complexity index is 619. The summed E-state index contributed by atoms with van der Waals surface area (Å²) in [5, 5.41) is 0.930. The second-order valence-corrected chi connectivity index (χ2v) is 6.08. The summed E-state index contributed by atoms with van der Waals surface area (Å²) in [5.74, 6) is 4.14. The highest BCUT2D eigenvalue weighted by Gasteiger charge is 2.03. The van der Waals surface area contributed by atoms with E-state index in [0.29, 0.717) is 5.82 Å². The molecule has 2 aromatic rings. The smallest absolute Gasteiger partial charge is 0.124 e. The van der Waals surface area contributed by atoms with Gasteiger partial charge in [-0.15, -0.1) is 0 Å². The molecule has 0 fully saturated rings. The van der Waals surface area contributed by atoms with Crippen LogP contribution in [0.25, 0.3) is 10.9 Å². The van der Waals surface area contributed by atoms with Crippen LogP contribution in [0.3, 0.4) is 0 Å². The number of nitrogen functional groups attached to an aromatic ring is 1. The summed E-state index contributed by atoms with van der Waals surface area (Å²) in [6.45, 7) is 8.00. The van der Waals surface area contributed by atoms with Crippen LogP contribution in [-0.2, 0) is 9.52 Å². The molecule has 2 rings (SSSR count). The van der Waals surface area contributed by atoms with E-state index in [1.54, 1.807) is 18.4 Å². The summed E-state index contributed by atoms with van der Waals surface area (Å²) in [4.78, 5) is 4.90. The fourth-order valence-electron chi connectivity index (χ4n) is 1.39. The molecule has 0 bridgehead atoms. The third-order valence-electron chi connectivity index (χ3n) is 2.18. The largest absolute Gasteiger partial charge is 0.384 e. The quantitative estimate of drug-likeness (QED) is 0.812. The zero-order valence-electron chi connectivity index (χ0n) is 12.4. The minimum absolute atomic E-state index is 0.488. The van der Waals surface area contributed by atoms with E-state index in [1.165, 1.54) is 0 Å². The van der Waals surface area contributed by atoms with Crippen molar-refractivity contribution in [3.8, 4) is 0 Å². The number of nitrogens with zero attached hydrogens (tertiary/aromatic N) is 1. The summed E-state index contributed by atoms with van der Waals surface area (Å²) >= 11 is 0. The Morgan fingerprint density at radius 3 is 2.21 bits per heavy atom. The summed E-state index contributed by atoms with van der Waals surface area (Å²) in [6, 6.07) is 9.04. The van der Waals surface area contributed by atoms with Gasteiger partial charge in [0.15, 0.2) is 0 Å². The lowest BCUT2D eigenvalue weighted by molar-refractivity contribution is 0.685. The number of anilines is 1. The van der Waals surface area contributed by atoms with Crippen LogP contribution >= 0.6 is 0 Å². The maximum Gasteiger partial charge on any atom is 0.124 e. The number of aromatic nitrogens is 1. The predicted octanol–water partition coefficient (Wildman–Crippen LogP) is 3.57. The molecule has 1 heterocycles. The Balaban J connectivity index is 0.000000741. The van der Waals surface area contributed by atoms with Crippen molar-refractivity contribution in [2.75, 3.05) is 12.0 Å². The number of benzene rings is 1. The second kappa shape index (κ2) is 7.79. The van der Waals surface area contributed by atoms with E-state index in [4.69, 9.17) is 5.73 Å². The van der Waals surface area contributed by atoms with Crippen LogP contribution in [-0.4, -0.2) is 21.3 Å². The molecule has 1 atom stereocenters. The van der Waals surface area contributed by atoms with E-state index >= 15 is 0 Å². The van der Waals surface area contributed by atoms with Crippen molar-refractivity contribution in [1.29, 1.82) is 0 Å². The molecule has 106 valence electrons. The van der Waals surface area contributed by atoms with E-state index < -0.39 is 9.52 Å². The number of hydrogen-bond acceptors (Lipinski definition) is 3. The molecular formula is C15H24N2OS. The topological polar surface area (TPSA) is 56.0 Å². The number of fused-ring (bicyclic) bond motifs is 1. The van der Waals surface area contributed by atoms with Crippen molar-refractivity contribution in [3.63, 3.8) is 0 Å². The fraction of sp³-hybridized carbons (Fsp3) is 0.333. The average Bonchev–Trinajstić information content (AvgIpc) is 2.41. The van der Waals surface area contributed by atoms with Gasteiger partial charge in [0.25, 0.3) is 0 Å². The van der Waals surface area contributed by atoms with Crippen LogP contribution in [0.15, 0.2) is 35.2 Å². The molecule has 1 unspecified atom stereocenters. The second-order valence-electron chi connectivity index (χ2n) is 3.60. The maximum atomic E-state index is 11.7. The third kappa shape index (κ3) is 4.91. The van der Waals surface area contributed by atoms with Gasteiger partial charge in [-0.2, -0.15) is 0 Å². The summed E-state index contributed by atoms with van der Waals surface area (Å²) in [7, 11) is -2.16. The molecule has 4 heteroatoms. The molecule has 19 heavy (non-hydrogen) atoms. The Morgan fingerprint density at radius 2 is 1.68 bits per heavy atom. The van der Waals surface area contributed by atoms with Crippen LogP contribution in [0.2, 0.25) is 0 Å². The molecule has 0 aliphatic rings. The first-order chi connectivity index (χ1) is 8.97. The highest BCUT2D eigenvalue weighted by Crippen LogP contribution is 2.18. The van der Waals surface area contributed by atoms with Crippen LogP contribution < -0.4 is 5.73 Å². The molecule has 0 saturated carbocycles. The van der Waals surface area contributed by atoms with Crippen LogP contribution in [0, 0.1) is 0 Å². The van der Waals surface area contributed by atoms with Gasteiger partial charge in [0.2, 0.25) is 0 Å². The summed E-state index contributed by atoms with van der Waals surface area (Å²) in [6.07, 6.45) is 1.62. The lowest BCUT2D eigenvalue weighted by Crippen LogP contribution is -1.97. The summed E-state index contributed by atoms with van der Waals surface area (Å²) in [5.41, 5.74) is 6.38. The first-order valence-electron chi connectivity index (χ1n) is 6.45. The van der Waals surface area contributed by atoms with E-state index in [2.05, 4.69) is 10.9 Å². The predicted molar refractivity (Wildman–Crippen MR) is 88.3 cm³/mol. The molecule has 1 aromatic carbocycles. The molecule has 0 spiro atoms. The molecule has 0 radical (unpaired) electrons. The third-order valence-corrected chi connectivity index (χ3v) is 3.43. The van der Waals surface area contributed by atoms with Gasteiger partial charge >= 0.3 is 0 Å². The van der Waals surface area contributed by atoms with Gasteiger partial charge in [-0.1, -0.05) is 27.7 Å². The van der Waals surface area contributed by atoms with Crippen molar-refractivity contribution >= 4 is 32.1 Å². The highest BCUT2D eigenvalue weighted by molar-refractivity contribution is 7.99. The first kappa shape index (κ1) is 17.4. The van der Waals surface area contributed by atoms with Gasteiger partial charge in [-0.25, -0.2) is 4.98 Å². The van der Waals surface area contributed by atoms with Crippen molar-refractivity contribution < 1.29 is 4.21 Å². The van der Waals surface area contributed by atoms with Crippen LogP contribution in [0.4, 0.5) is 5.82 Å². The molecule has 3 nitrogen and oxygen atoms in total. The highest BCUT2D eigenvalue weighted by atomic mass is 32.2. The number of nitrogens with two attached hydrogens (primary N) is 1. The van der Waals surface area contributed by atoms with Crippen molar-refractivity contribution in [1.82, 2.24) is 4.98 Å². The monoisotopic (exact) mass is 280 g/mol. The van der Waals surface area contributed by atoms with Crippen molar-refractivity contribution in [2.24, 2.45) is 0 Å². The number of rotatable bonds is 1. The van der Waals surface area contributed by atoms with E-state index in [1.807, 2.05) is 45.9 Å². The lowest BCUT2D eigenvalue weighted by atomic mass is 10.2. The Kier molecular flexibility index (Phi) is 7.16. The Hall–Kier alpha value is -1.55. The Labute approximate surface area is 116 Å². The van der Waals surface area contributed by atoms with Gasteiger partial charge in [0.1, 0.15) is 5.82 Å². The molecule has 1 aromatic heterocycles. The zero-order valence-corrected chi connectivity index (χ0v) is 13.3. The van der Waals surface area contributed by atoms with Crippen LogP contribution in [0.5, 0.6) is 0 Å². The molecular weight excluding hydrogens is 256 g/mol. The normalized spacial score (nSPS) is 12.5. The minimum Gasteiger partial charge on any atom is -0.384 e. The standard InChI is InChI=1S/C11H12N2OS.2C2H6/c1-15(2,14)9-4-5-10-8(7-9)3-6-11(12)13-10;2*1-2/h3-7H,1H2,2H3,(H2,12,13);2*1-2H3.